The Morgan fingerprint density at radius 2 is 2.20 bits per heavy atom. The molecule has 3 nitrogen and oxygen atoms in total. The maximum absolute atomic E-state index is 10.1. The fourth-order valence-corrected chi connectivity index (χ4v) is 0.957. The number of likely N-dealkylation sites (N-methyl/N-ethyl adjacent to an activating group) is 1. The molecule has 1 saturated heterocycles. The number of piperazine rings is 1. The molecule has 1 fully saturated rings. The fraction of sp³-hybridized carbons (Fsp3) is 0.833. The average Bonchev–Trinajstić information content (AvgIpc) is 2.04. The number of hydrogen-bond acceptors (Lipinski definition) is 3. The highest BCUT2D eigenvalue weighted by Gasteiger charge is 2.12. The molecular formula is C6H12BN2O. The lowest BCUT2D eigenvalue weighted by atomic mass is 9.94. The molecule has 0 aromatic rings. The van der Waals surface area contributed by atoms with Crippen molar-refractivity contribution in [2.75, 3.05) is 33.2 Å². The van der Waals surface area contributed by atoms with E-state index in [2.05, 4.69) is 0 Å². The first-order chi connectivity index (χ1) is 6.04. The van der Waals surface area contributed by atoms with Gasteiger partial charge in [0, 0.05) is 30.3 Å². The van der Waals surface area contributed by atoms with Gasteiger partial charge in [-0.25, -0.2) is 0 Å². The van der Waals surface area contributed by atoms with Gasteiger partial charge in [0.2, 0.25) is 0 Å². The number of rotatable bonds is 2. The van der Waals surface area contributed by atoms with Crippen LogP contribution in [0.25, 0.3) is 0 Å². The van der Waals surface area contributed by atoms with Crippen LogP contribution in [0, 0.1) is 0 Å². The van der Waals surface area contributed by atoms with E-state index in [1.165, 1.54) is 12.3 Å². The van der Waals surface area contributed by atoms with Gasteiger partial charge in [0.1, 0.15) is 0 Å². The molecule has 0 N–H and O–H groups in total. The summed E-state index contributed by atoms with van der Waals surface area (Å²) in [7, 11) is 1.46. The second-order valence-electron chi connectivity index (χ2n) is 2.31. The summed E-state index contributed by atoms with van der Waals surface area (Å²) in [5.74, 6) is 0. The van der Waals surface area contributed by atoms with Crippen molar-refractivity contribution in [3.05, 3.63) is 0 Å². The first-order valence-corrected chi connectivity index (χ1v) is 3.32. The minimum atomic E-state index is -1.99. The Morgan fingerprint density at radius 3 is 2.70 bits per heavy atom. The first-order valence-electron chi connectivity index (χ1n) is 4.82. The summed E-state index contributed by atoms with van der Waals surface area (Å²) in [6, 6.07) is 0. The van der Waals surface area contributed by atoms with Crippen molar-refractivity contribution < 1.29 is 8.91 Å². The zero-order chi connectivity index (χ0) is 9.90. The molecule has 0 aliphatic carbocycles. The van der Waals surface area contributed by atoms with E-state index >= 15 is 0 Å². The zero-order valence-electron chi connectivity index (χ0n) is 8.79. The van der Waals surface area contributed by atoms with Crippen LogP contribution in [0.15, 0.2) is 0 Å². The Kier molecular flexibility index (Phi) is 1.69. The predicted molar refractivity (Wildman–Crippen MR) is 41.6 cm³/mol. The van der Waals surface area contributed by atoms with Crippen molar-refractivity contribution >= 4 is 13.6 Å². The second-order valence-corrected chi connectivity index (χ2v) is 2.31. The van der Waals surface area contributed by atoms with Crippen molar-refractivity contribution in [3.8, 4) is 0 Å². The summed E-state index contributed by atoms with van der Waals surface area (Å²) >= 11 is 0. The quantitative estimate of drug-likeness (QED) is 0.366. The Hall–Kier alpha value is -0.345. The second kappa shape index (κ2) is 3.73. The molecule has 1 heterocycles. The van der Waals surface area contributed by atoms with E-state index in [9.17, 15) is 4.79 Å². The van der Waals surface area contributed by atoms with Crippen LogP contribution in [-0.2, 0) is 4.79 Å². The Bertz CT molecular complexity index is 179. The minimum Gasteiger partial charge on any atom is -0.338 e. The standard InChI is InChI=1S/C6H12BN2O/c1-8-2-4-9(5-3-8)7-6-10/h6H,2-5H2,1H3/i1D3. The average molecular weight is 142 g/mol. The lowest BCUT2D eigenvalue weighted by molar-refractivity contribution is 0.225. The van der Waals surface area contributed by atoms with Gasteiger partial charge in [-0.3, -0.25) is 0 Å². The third-order valence-corrected chi connectivity index (χ3v) is 1.59. The van der Waals surface area contributed by atoms with Crippen LogP contribution in [0.5, 0.6) is 0 Å². The van der Waals surface area contributed by atoms with E-state index in [4.69, 9.17) is 4.11 Å². The molecule has 0 aromatic carbocycles. The molecule has 0 aromatic heterocycles. The third kappa shape index (κ3) is 2.12. The van der Waals surface area contributed by atoms with Crippen LogP contribution in [0.1, 0.15) is 4.11 Å². The fourth-order valence-electron chi connectivity index (χ4n) is 0.957. The normalized spacial score (nSPS) is 28.2. The smallest absolute Gasteiger partial charge is 0.293 e. The van der Waals surface area contributed by atoms with Gasteiger partial charge in [0.05, 0.1) is 6.19 Å². The van der Waals surface area contributed by atoms with Gasteiger partial charge < -0.3 is 14.5 Å². The molecule has 1 radical (unpaired) electrons. The SMILES string of the molecule is [2H]C([2H])([2H])N1CCN([B]C=O)CC1. The molecule has 10 heavy (non-hydrogen) atoms. The molecule has 0 bridgehead atoms. The van der Waals surface area contributed by atoms with Gasteiger partial charge in [-0.2, -0.15) is 0 Å². The predicted octanol–water partition coefficient (Wildman–Crippen LogP) is -0.957. The molecule has 0 spiro atoms. The Morgan fingerprint density at radius 1 is 1.50 bits per heavy atom. The Labute approximate surface area is 66.5 Å². The molecule has 1 aliphatic heterocycles. The Balaban J connectivity index is 2.34. The molecule has 4 heteroatoms. The maximum atomic E-state index is 10.1. The number of hydrogen-bond donors (Lipinski definition) is 0. The lowest BCUT2D eigenvalue weighted by Gasteiger charge is -2.30. The van der Waals surface area contributed by atoms with Crippen LogP contribution in [0.2, 0.25) is 0 Å². The van der Waals surface area contributed by atoms with E-state index in [1.54, 1.807) is 0 Å². The summed E-state index contributed by atoms with van der Waals surface area (Å²) in [4.78, 5) is 13.4. The van der Waals surface area contributed by atoms with Crippen LogP contribution >= 0.6 is 0 Å². The summed E-state index contributed by atoms with van der Waals surface area (Å²) in [6.07, 6.45) is 0.727. The summed E-state index contributed by atoms with van der Waals surface area (Å²) < 4.78 is 21.5. The minimum absolute atomic E-state index is 0.487. The first kappa shape index (κ1) is 4.52. The lowest BCUT2D eigenvalue weighted by Crippen LogP contribution is -2.46. The van der Waals surface area contributed by atoms with Crippen molar-refractivity contribution in [3.63, 3.8) is 0 Å². The third-order valence-electron chi connectivity index (χ3n) is 1.59. The molecule has 55 valence electrons. The largest absolute Gasteiger partial charge is 0.338 e. The van der Waals surface area contributed by atoms with Crippen molar-refractivity contribution in [1.29, 1.82) is 0 Å². The monoisotopic (exact) mass is 142 g/mol. The topological polar surface area (TPSA) is 23.6 Å². The van der Waals surface area contributed by atoms with Crippen molar-refractivity contribution in [2.45, 2.75) is 0 Å². The highest BCUT2D eigenvalue weighted by atomic mass is 16.1. The van der Waals surface area contributed by atoms with Gasteiger partial charge in [-0.1, -0.05) is 0 Å². The molecular weight excluding hydrogens is 127 g/mol. The van der Waals surface area contributed by atoms with Gasteiger partial charge in [0.25, 0.3) is 7.41 Å². The molecule has 0 amide bonds. The highest BCUT2D eigenvalue weighted by molar-refractivity contribution is 6.64. The zero-order valence-corrected chi connectivity index (χ0v) is 5.79. The summed E-state index contributed by atoms with van der Waals surface area (Å²) in [5, 5.41) is 0. The summed E-state index contributed by atoms with van der Waals surface area (Å²) in [6.45, 7) is 0.198. The maximum Gasteiger partial charge on any atom is 0.293 e. The molecule has 1 rings (SSSR count). The van der Waals surface area contributed by atoms with E-state index in [1.807, 2.05) is 4.81 Å². The van der Waals surface area contributed by atoms with Crippen molar-refractivity contribution in [1.82, 2.24) is 9.71 Å². The number of nitrogens with zero attached hydrogens (tertiary/aromatic N) is 2. The van der Waals surface area contributed by atoms with E-state index in [0.29, 0.717) is 26.2 Å². The molecule has 0 saturated carbocycles. The van der Waals surface area contributed by atoms with Gasteiger partial charge >= 0.3 is 0 Å². The van der Waals surface area contributed by atoms with E-state index < -0.39 is 6.98 Å². The highest BCUT2D eigenvalue weighted by Crippen LogP contribution is 1.95. The van der Waals surface area contributed by atoms with E-state index in [-0.39, 0.29) is 0 Å². The number of carbonyl (C=O) groups is 1. The summed E-state index contributed by atoms with van der Waals surface area (Å²) in [5.41, 5.74) is 0. The van der Waals surface area contributed by atoms with Gasteiger partial charge in [0.15, 0.2) is 0 Å². The molecule has 1 aliphatic rings. The van der Waals surface area contributed by atoms with E-state index in [0.717, 1.165) is 6.19 Å². The van der Waals surface area contributed by atoms with Crippen LogP contribution in [0.4, 0.5) is 0 Å². The van der Waals surface area contributed by atoms with Gasteiger partial charge in [-0.05, 0) is 6.98 Å². The molecule has 0 unspecified atom stereocenters. The van der Waals surface area contributed by atoms with Gasteiger partial charge in [-0.15, -0.1) is 0 Å². The van der Waals surface area contributed by atoms with Crippen LogP contribution in [-0.4, -0.2) is 56.5 Å². The van der Waals surface area contributed by atoms with Crippen molar-refractivity contribution in [2.24, 2.45) is 0 Å². The van der Waals surface area contributed by atoms with Crippen LogP contribution < -0.4 is 0 Å². The number of carbonyl (C=O) groups excluding carboxylic acids is 1. The van der Waals surface area contributed by atoms with Crippen LogP contribution in [0.3, 0.4) is 0 Å². The molecule has 0 atom stereocenters.